The zero-order chi connectivity index (χ0) is 15.8. The van der Waals surface area contributed by atoms with Crippen molar-refractivity contribution in [3.63, 3.8) is 0 Å². The van der Waals surface area contributed by atoms with Crippen LogP contribution in [-0.4, -0.2) is 50.8 Å². The highest BCUT2D eigenvalue weighted by atomic mass is 32.2. The predicted octanol–water partition coefficient (Wildman–Crippen LogP) is 1.78. The third-order valence-corrected chi connectivity index (χ3v) is 5.25. The van der Waals surface area contributed by atoms with E-state index in [1.54, 1.807) is 7.05 Å². The van der Waals surface area contributed by atoms with Crippen LogP contribution in [0.4, 0.5) is 17.6 Å². The summed E-state index contributed by atoms with van der Waals surface area (Å²) in [6, 6.07) is 1.41. The lowest BCUT2D eigenvalue weighted by molar-refractivity contribution is -0.137. The highest BCUT2D eigenvalue weighted by Crippen LogP contribution is 2.32. The van der Waals surface area contributed by atoms with Crippen molar-refractivity contribution in [2.45, 2.75) is 11.1 Å². The molecule has 0 radical (unpaired) electrons. The van der Waals surface area contributed by atoms with Gasteiger partial charge < -0.3 is 4.90 Å². The number of alkyl halides is 3. The molecule has 2 rings (SSSR count). The monoisotopic (exact) mass is 326 g/mol. The molecule has 1 aliphatic rings. The molecule has 4 nitrogen and oxygen atoms in total. The molecule has 1 saturated heterocycles. The van der Waals surface area contributed by atoms with Crippen molar-refractivity contribution in [2.75, 3.05) is 33.2 Å². The van der Waals surface area contributed by atoms with E-state index in [1.165, 1.54) is 0 Å². The first-order chi connectivity index (χ1) is 9.62. The molecule has 0 aliphatic carbocycles. The van der Waals surface area contributed by atoms with Crippen LogP contribution in [-0.2, 0) is 16.2 Å². The minimum atomic E-state index is -4.72. The van der Waals surface area contributed by atoms with Gasteiger partial charge in [-0.25, -0.2) is 12.8 Å². The first kappa shape index (κ1) is 16.2. The largest absolute Gasteiger partial charge is 0.416 e. The van der Waals surface area contributed by atoms with Gasteiger partial charge in [0.05, 0.1) is 5.56 Å². The van der Waals surface area contributed by atoms with Crippen LogP contribution >= 0.6 is 0 Å². The van der Waals surface area contributed by atoms with Gasteiger partial charge in [-0.3, -0.25) is 0 Å². The van der Waals surface area contributed by atoms with E-state index in [2.05, 4.69) is 0 Å². The number of likely N-dealkylation sites (N-methyl/N-ethyl adjacent to an activating group) is 1. The zero-order valence-corrected chi connectivity index (χ0v) is 12.0. The van der Waals surface area contributed by atoms with Crippen LogP contribution in [0.25, 0.3) is 0 Å². The Hall–Kier alpha value is -1.19. The molecule has 0 amide bonds. The number of sulfonamides is 1. The van der Waals surface area contributed by atoms with Crippen LogP contribution < -0.4 is 0 Å². The molecule has 1 aromatic rings. The molecule has 1 aliphatic heterocycles. The maximum atomic E-state index is 13.7. The fourth-order valence-corrected chi connectivity index (χ4v) is 3.56. The Balaban J connectivity index is 2.40. The molecule has 0 bridgehead atoms. The molecule has 0 aromatic heterocycles. The Labute approximate surface area is 120 Å². The van der Waals surface area contributed by atoms with Crippen molar-refractivity contribution in [1.29, 1.82) is 0 Å². The number of nitrogens with zero attached hydrogens (tertiary/aromatic N) is 2. The quantitative estimate of drug-likeness (QED) is 0.778. The van der Waals surface area contributed by atoms with Crippen molar-refractivity contribution >= 4 is 10.0 Å². The van der Waals surface area contributed by atoms with Crippen LogP contribution in [0.2, 0.25) is 0 Å². The first-order valence-electron chi connectivity index (χ1n) is 6.18. The van der Waals surface area contributed by atoms with Gasteiger partial charge in [0.25, 0.3) is 0 Å². The van der Waals surface area contributed by atoms with Gasteiger partial charge in [0.1, 0.15) is 10.7 Å². The van der Waals surface area contributed by atoms with Gasteiger partial charge in [-0.15, -0.1) is 0 Å². The Morgan fingerprint density at radius 3 is 2.19 bits per heavy atom. The second-order valence-electron chi connectivity index (χ2n) is 4.85. The van der Waals surface area contributed by atoms with E-state index >= 15 is 0 Å². The van der Waals surface area contributed by atoms with Crippen molar-refractivity contribution in [3.8, 4) is 0 Å². The van der Waals surface area contributed by atoms with Gasteiger partial charge in [-0.05, 0) is 25.2 Å². The van der Waals surface area contributed by atoms with E-state index in [0.717, 1.165) is 4.31 Å². The fraction of sp³-hybridized carbons (Fsp3) is 0.500. The van der Waals surface area contributed by atoms with Gasteiger partial charge in [0.15, 0.2) is 0 Å². The van der Waals surface area contributed by atoms with Gasteiger partial charge >= 0.3 is 6.18 Å². The van der Waals surface area contributed by atoms with Crippen molar-refractivity contribution < 1.29 is 26.0 Å². The van der Waals surface area contributed by atoms with Crippen LogP contribution in [0, 0.1) is 5.82 Å². The summed E-state index contributed by atoms with van der Waals surface area (Å²) in [5.41, 5.74) is -1.18. The Morgan fingerprint density at radius 2 is 1.67 bits per heavy atom. The molecule has 9 heteroatoms. The Bertz CT molecular complexity index is 623. The number of hydrogen-bond acceptors (Lipinski definition) is 3. The summed E-state index contributed by atoms with van der Waals surface area (Å²) >= 11 is 0. The number of halogens is 4. The van der Waals surface area contributed by atoms with Crippen molar-refractivity contribution in [2.24, 2.45) is 0 Å². The summed E-state index contributed by atoms with van der Waals surface area (Å²) in [6.45, 7) is 1.13. The lowest BCUT2D eigenvalue weighted by atomic mass is 10.2. The summed E-state index contributed by atoms with van der Waals surface area (Å²) in [4.78, 5) is 0.955. The van der Waals surface area contributed by atoms with Crippen molar-refractivity contribution in [1.82, 2.24) is 9.21 Å². The number of benzene rings is 1. The predicted molar refractivity (Wildman–Crippen MR) is 67.7 cm³/mol. The third kappa shape index (κ3) is 3.35. The van der Waals surface area contributed by atoms with E-state index in [9.17, 15) is 26.0 Å². The molecule has 1 heterocycles. The van der Waals surface area contributed by atoms with Gasteiger partial charge in [0.2, 0.25) is 10.0 Å². The number of rotatable bonds is 2. The maximum Gasteiger partial charge on any atom is 0.416 e. The van der Waals surface area contributed by atoms with Gasteiger partial charge in [-0.1, -0.05) is 0 Å². The summed E-state index contributed by atoms with van der Waals surface area (Å²) < 4.78 is 77.2. The van der Waals surface area contributed by atoms with Crippen LogP contribution in [0.15, 0.2) is 23.1 Å². The second kappa shape index (κ2) is 5.54. The molecular weight excluding hydrogens is 312 g/mol. The Morgan fingerprint density at radius 1 is 1.10 bits per heavy atom. The van der Waals surface area contributed by atoms with E-state index in [0.29, 0.717) is 31.3 Å². The SMILES string of the molecule is CN1CCN(S(=O)(=O)c2cc(C(F)(F)F)ccc2F)CC1. The lowest BCUT2D eigenvalue weighted by Gasteiger charge is -2.31. The molecule has 1 aromatic carbocycles. The Kier molecular flexibility index (Phi) is 4.27. The van der Waals surface area contributed by atoms with E-state index in [4.69, 9.17) is 0 Å². The molecule has 0 spiro atoms. The summed E-state index contributed by atoms with van der Waals surface area (Å²) in [6.07, 6.45) is -4.72. The van der Waals surface area contributed by atoms with E-state index < -0.39 is 32.5 Å². The highest BCUT2D eigenvalue weighted by molar-refractivity contribution is 7.89. The lowest BCUT2D eigenvalue weighted by Crippen LogP contribution is -2.47. The number of hydrogen-bond donors (Lipinski definition) is 0. The molecule has 118 valence electrons. The second-order valence-corrected chi connectivity index (χ2v) is 6.76. The highest BCUT2D eigenvalue weighted by Gasteiger charge is 2.35. The first-order valence-corrected chi connectivity index (χ1v) is 7.62. The smallest absolute Gasteiger partial charge is 0.304 e. The minimum Gasteiger partial charge on any atom is -0.304 e. The van der Waals surface area contributed by atoms with Gasteiger partial charge in [0, 0.05) is 26.2 Å². The zero-order valence-electron chi connectivity index (χ0n) is 11.2. The standard InChI is InChI=1S/C12H14F4N2O2S/c1-17-4-6-18(7-5-17)21(19,20)11-8-9(12(14,15)16)2-3-10(11)13/h2-3,8H,4-7H2,1H3. The summed E-state index contributed by atoms with van der Waals surface area (Å²) in [5, 5.41) is 0. The normalized spacial score (nSPS) is 18.9. The molecule has 0 N–H and O–H groups in total. The summed E-state index contributed by atoms with van der Waals surface area (Å²) in [5.74, 6) is -1.18. The van der Waals surface area contributed by atoms with Crippen LogP contribution in [0.1, 0.15) is 5.56 Å². The molecule has 1 fully saturated rings. The molecule has 0 unspecified atom stereocenters. The average Bonchev–Trinajstić information content (AvgIpc) is 2.38. The third-order valence-electron chi connectivity index (χ3n) is 3.34. The topological polar surface area (TPSA) is 40.6 Å². The van der Waals surface area contributed by atoms with Crippen LogP contribution in [0.3, 0.4) is 0 Å². The molecule has 21 heavy (non-hydrogen) atoms. The summed E-state index contributed by atoms with van der Waals surface area (Å²) in [7, 11) is -2.47. The fourth-order valence-electron chi connectivity index (χ4n) is 2.04. The molecule has 0 atom stereocenters. The number of piperazine rings is 1. The van der Waals surface area contributed by atoms with E-state index in [-0.39, 0.29) is 13.1 Å². The van der Waals surface area contributed by atoms with E-state index in [1.807, 2.05) is 4.90 Å². The maximum absolute atomic E-state index is 13.7. The minimum absolute atomic E-state index is 0.120. The van der Waals surface area contributed by atoms with Gasteiger partial charge in [-0.2, -0.15) is 17.5 Å². The molecular formula is C12H14F4N2O2S. The average molecular weight is 326 g/mol. The van der Waals surface area contributed by atoms with Crippen molar-refractivity contribution in [3.05, 3.63) is 29.6 Å². The van der Waals surface area contributed by atoms with Crippen LogP contribution in [0.5, 0.6) is 0 Å². The molecule has 0 saturated carbocycles.